The molecule has 0 saturated heterocycles. The summed E-state index contributed by atoms with van der Waals surface area (Å²) in [4.78, 5) is 37.0. The topological polar surface area (TPSA) is 96.4 Å². The molecule has 0 spiro atoms. The highest BCUT2D eigenvalue weighted by atomic mass is 16.6. The molecule has 150 valence electrons. The molecule has 0 aliphatic rings. The van der Waals surface area contributed by atoms with Gasteiger partial charge in [-0.15, -0.1) is 0 Å². The molecule has 0 N–H and O–H groups in total. The van der Waals surface area contributed by atoms with Crippen molar-refractivity contribution in [1.82, 2.24) is 9.13 Å². The third-order valence-electron chi connectivity index (χ3n) is 4.84. The van der Waals surface area contributed by atoms with E-state index in [9.17, 15) is 19.7 Å². The molecule has 30 heavy (non-hydrogen) atoms. The number of ether oxygens (including phenoxy) is 1. The maximum absolute atomic E-state index is 13.3. The summed E-state index contributed by atoms with van der Waals surface area (Å²) < 4.78 is 7.68. The number of nitrogens with zero attached hydrogens (tertiary/aromatic N) is 3. The monoisotopic (exact) mass is 403 g/mol. The van der Waals surface area contributed by atoms with Crippen molar-refractivity contribution in [3.63, 3.8) is 0 Å². The summed E-state index contributed by atoms with van der Waals surface area (Å²) in [5.74, 6) is 0.601. The molecule has 0 fully saturated rings. The normalized spacial score (nSPS) is 10.8. The van der Waals surface area contributed by atoms with Gasteiger partial charge in [-0.2, -0.15) is 0 Å². The van der Waals surface area contributed by atoms with Crippen molar-refractivity contribution in [3.05, 3.63) is 109 Å². The van der Waals surface area contributed by atoms with E-state index in [4.69, 9.17) is 4.74 Å². The molecule has 1 heterocycles. The fourth-order valence-corrected chi connectivity index (χ4v) is 3.38. The number of rotatable bonds is 5. The molecule has 0 aliphatic carbocycles. The molecule has 0 aliphatic heterocycles. The van der Waals surface area contributed by atoms with Crippen LogP contribution in [-0.4, -0.2) is 21.2 Å². The Hall–Kier alpha value is -4.20. The Morgan fingerprint density at radius 1 is 0.967 bits per heavy atom. The smallest absolute Gasteiger partial charge is 0.336 e. The summed E-state index contributed by atoms with van der Waals surface area (Å²) >= 11 is 0. The molecule has 4 aromatic rings. The predicted octanol–water partition coefficient (Wildman–Crippen LogP) is 3.12. The molecular formula is C22H17N3O5. The Bertz CT molecular complexity index is 1370. The SMILES string of the molecule is COc1ccc(-n2c(=O)c3ccccc3n(Cc3cccc([N+](=O)[O-])c3)c2=O)cc1. The van der Waals surface area contributed by atoms with E-state index in [0.717, 1.165) is 4.57 Å². The van der Waals surface area contributed by atoms with Gasteiger partial charge in [0.2, 0.25) is 0 Å². The van der Waals surface area contributed by atoms with E-state index < -0.39 is 16.2 Å². The van der Waals surface area contributed by atoms with Crippen LogP contribution in [0.4, 0.5) is 5.69 Å². The van der Waals surface area contributed by atoms with Gasteiger partial charge >= 0.3 is 5.69 Å². The van der Waals surface area contributed by atoms with Crippen molar-refractivity contribution in [2.45, 2.75) is 6.54 Å². The number of non-ortho nitro benzene ring substituents is 1. The Morgan fingerprint density at radius 3 is 2.40 bits per heavy atom. The van der Waals surface area contributed by atoms with Crippen LogP contribution in [0, 0.1) is 10.1 Å². The van der Waals surface area contributed by atoms with E-state index in [0.29, 0.717) is 27.9 Å². The van der Waals surface area contributed by atoms with Crippen molar-refractivity contribution < 1.29 is 9.66 Å². The minimum absolute atomic E-state index is 0.0617. The average Bonchev–Trinajstić information content (AvgIpc) is 2.77. The Morgan fingerprint density at radius 2 is 1.70 bits per heavy atom. The lowest BCUT2D eigenvalue weighted by atomic mass is 10.2. The maximum Gasteiger partial charge on any atom is 0.336 e. The summed E-state index contributed by atoms with van der Waals surface area (Å²) in [7, 11) is 1.53. The minimum Gasteiger partial charge on any atom is -0.497 e. The van der Waals surface area contributed by atoms with E-state index in [1.807, 2.05) is 0 Å². The number of hydrogen-bond acceptors (Lipinski definition) is 5. The molecule has 8 heteroatoms. The van der Waals surface area contributed by atoms with E-state index in [-0.39, 0.29) is 12.2 Å². The van der Waals surface area contributed by atoms with Crippen molar-refractivity contribution >= 4 is 16.6 Å². The highest BCUT2D eigenvalue weighted by Gasteiger charge is 2.15. The van der Waals surface area contributed by atoms with Crippen LogP contribution in [0.15, 0.2) is 82.4 Å². The molecule has 1 aromatic heterocycles. The predicted molar refractivity (Wildman–Crippen MR) is 113 cm³/mol. The quantitative estimate of drug-likeness (QED) is 0.377. The van der Waals surface area contributed by atoms with Gasteiger partial charge in [-0.25, -0.2) is 9.36 Å². The van der Waals surface area contributed by atoms with Crippen LogP contribution in [0.3, 0.4) is 0 Å². The second-order valence-corrected chi connectivity index (χ2v) is 6.65. The first-order valence-electron chi connectivity index (χ1n) is 9.12. The van der Waals surface area contributed by atoms with Gasteiger partial charge in [-0.05, 0) is 42.0 Å². The average molecular weight is 403 g/mol. The van der Waals surface area contributed by atoms with Gasteiger partial charge in [-0.1, -0.05) is 24.3 Å². The maximum atomic E-state index is 13.3. The standard InChI is InChI=1S/C22H17N3O5/c1-30-18-11-9-16(10-12-18)24-21(26)19-7-2-3-8-20(19)23(22(24)27)14-15-5-4-6-17(13-15)25(28)29/h2-13H,14H2,1H3. The van der Waals surface area contributed by atoms with Crippen molar-refractivity contribution in [3.8, 4) is 11.4 Å². The van der Waals surface area contributed by atoms with Crippen LogP contribution in [-0.2, 0) is 6.54 Å². The lowest BCUT2D eigenvalue weighted by Crippen LogP contribution is -2.39. The lowest BCUT2D eigenvalue weighted by Gasteiger charge is -2.14. The second-order valence-electron chi connectivity index (χ2n) is 6.65. The fraction of sp³-hybridized carbons (Fsp3) is 0.0909. The minimum atomic E-state index is -0.532. The van der Waals surface area contributed by atoms with Crippen LogP contribution in [0.1, 0.15) is 5.56 Å². The first-order valence-corrected chi connectivity index (χ1v) is 9.12. The van der Waals surface area contributed by atoms with E-state index in [1.54, 1.807) is 60.7 Å². The van der Waals surface area contributed by atoms with E-state index in [2.05, 4.69) is 0 Å². The Kier molecular flexibility index (Phi) is 4.89. The Balaban J connectivity index is 1.95. The highest BCUT2D eigenvalue weighted by molar-refractivity contribution is 5.78. The summed E-state index contributed by atoms with van der Waals surface area (Å²) in [5.41, 5.74) is 0.421. The van der Waals surface area contributed by atoms with Gasteiger partial charge in [0.1, 0.15) is 5.75 Å². The van der Waals surface area contributed by atoms with Crippen LogP contribution < -0.4 is 16.0 Å². The largest absolute Gasteiger partial charge is 0.497 e. The third-order valence-corrected chi connectivity index (χ3v) is 4.84. The molecule has 0 bridgehead atoms. The van der Waals surface area contributed by atoms with Crippen molar-refractivity contribution in [2.75, 3.05) is 7.11 Å². The van der Waals surface area contributed by atoms with Crippen molar-refractivity contribution in [1.29, 1.82) is 0 Å². The number of para-hydroxylation sites is 1. The van der Waals surface area contributed by atoms with E-state index >= 15 is 0 Å². The van der Waals surface area contributed by atoms with Crippen molar-refractivity contribution in [2.24, 2.45) is 0 Å². The van der Waals surface area contributed by atoms with Crippen LogP contribution >= 0.6 is 0 Å². The van der Waals surface area contributed by atoms with Gasteiger partial charge < -0.3 is 4.74 Å². The Labute approximate surface area is 170 Å². The number of nitro groups is 1. The number of nitro benzene ring substituents is 1. The number of aromatic nitrogens is 2. The van der Waals surface area contributed by atoms with Crippen LogP contribution in [0.25, 0.3) is 16.6 Å². The molecule has 0 radical (unpaired) electrons. The van der Waals surface area contributed by atoms with Gasteiger partial charge in [0.15, 0.2) is 0 Å². The van der Waals surface area contributed by atoms with Gasteiger partial charge in [-0.3, -0.25) is 19.5 Å². The van der Waals surface area contributed by atoms with Gasteiger partial charge in [0.25, 0.3) is 11.2 Å². The number of fused-ring (bicyclic) bond motifs is 1. The van der Waals surface area contributed by atoms with Crippen LogP contribution in [0.5, 0.6) is 5.75 Å². The zero-order valence-corrected chi connectivity index (χ0v) is 16.0. The third kappa shape index (κ3) is 3.35. The molecule has 8 nitrogen and oxygen atoms in total. The molecule has 0 atom stereocenters. The second kappa shape index (κ2) is 7.67. The molecule has 3 aromatic carbocycles. The van der Waals surface area contributed by atoms with E-state index in [1.165, 1.54) is 23.8 Å². The summed E-state index contributed by atoms with van der Waals surface area (Å²) in [6.07, 6.45) is 0. The summed E-state index contributed by atoms with van der Waals surface area (Å²) in [6, 6.07) is 19.5. The van der Waals surface area contributed by atoms with Gasteiger partial charge in [0.05, 0.1) is 35.2 Å². The first-order chi connectivity index (χ1) is 14.5. The number of methoxy groups -OCH3 is 1. The molecule has 4 rings (SSSR count). The van der Waals surface area contributed by atoms with Gasteiger partial charge in [0, 0.05) is 12.1 Å². The molecular weight excluding hydrogens is 386 g/mol. The fourth-order valence-electron chi connectivity index (χ4n) is 3.38. The number of benzene rings is 3. The summed E-state index contributed by atoms with van der Waals surface area (Å²) in [6.45, 7) is 0.0808. The zero-order valence-electron chi connectivity index (χ0n) is 16.0. The zero-order chi connectivity index (χ0) is 21.3. The molecule has 0 unspecified atom stereocenters. The lowest BCUT2D eigenvalue weighted by molar-refractivity contribution is -0.384. The van der Waals surface area contributed by atoms with Crippen LogP contribution in [0.2, 0.25) is 0 Å². The summed E-state index contributed by atoms with van der Waals surface area (Å²) in [5, 5.41) is 11.5. The molecule has 0 amide bonds. The highest BCUT2D eigenvalue weighted by Crippen LogP contribution is 2.17. The first kappa shape index (κ1) is 19.1. The molecule has 0 saturated carbocycles. The number of hydrogen-bond donors (Lipinski definition) is 0.